The molecule has 0 saturated carbocycles. The summed E-state index contributed by atoms with van der Waals surface area (Å²) in [4.78, 5) is 11.6. The molecule has 0 bridgehead atoms. The Balaban J connectivity index is 2.25. The van der Waals surface area contributed by atoms with E-state index in [2.05, 4.69) is 5.32 Å². The third kappa shape index (κ3) is 2.34. The van der Waals surface area contributed by atoms with Crippen molar-refractivity contribution in [2.45, 2.75) is 0 Å². The van der Waals surface area contributed by atoms with Crippen LogP contribution >= 0.6 is 11.6 Å². The molecule has 0 radical (unpaired) electrons. The number of phenols is 1. The van der Waals surface area contributed by atoms with E-state index in [1.54, 1.807) is 6.07 Å². The molecular weight excluding hydrogens is 244 g/mol. The number of halogens is 1. The Kier molecular flexibility index (Phi) is 2.93. The van der Waals surface area contributed by atoms with Gasteiger partial charge in [0.2, 0.25) is 0 Å². The van der Waals surface area contributed by atoms with E-state index in [9.17, 15) is 9.90 Å². The van der Waals surface area contributed by atoms with Crippen molar-refractivity contribution in [2.24, 2.45) is 0 Å². The van der Waals surface area contributed by atoms with Crippen LogP contribution in [0.25, 0.3) is 0 Å². The fourth-order valence-electron chi connectivity index (χ4n) is 1.27. The summed E-state index contributed by atoms with van der Waals surface area (Å²) in [7, 11) is 0. The van der Waals surface area contributed by atoms with Crippen molar-refractivity contribution in [2.75, 3.05) is 11.1 Å². The number of amides is 1. The average Bonchev–Trinajstić information content (AvgIpc) is 2.79. The molecule has 1 aromatic carbocycles. The summed E-state index contributed by atoms with van der Waals surface area (Å²) < 4.78 is 4.91. The maximum Gasteiger partial charge on any atom is 0.291 e. The van der Waals surface area contributed by atoms with Crippen LogP contribution in [0.15, 0.2) is 34.9 Å². The first kappa shape index (κ1) is 11.3. The van der Waals surface area contributed by atoms with E-state index < -0.39 is 5.91 Å². The third-order valence-corrected chi connectivity index (χ3v) is 2.44. The second-order valence-electron chi connectivity index (χ2n) is 3.32. The van der Waals surface area contributed by atoms with Crippen LogP contribution in [0, 0.1) is 0 Å². The van der Waals surface area contributed by atoms with Gasteiger partial charge in [0.25, 0.3) is 5.91 Å². The van der Waals surface area contributed by atoms with Gasteiger partial charge in [-0.15, -0.1) is 0 Å². The second-order valence-corrected chi connectivity index (χ2v) is 3.73. The summed E-state index contributed by atoms with van der Waals surface area (Å²) >= 11 is 5.78. The lowest BCUT2D eigenvalue weighted by Gasteiger charge is -2.07. The Bertz CT molecular complexity index is 552. The SMILES string of the molecule is Nc1cc(O)c(NC(=O)c2ccco2)cc1Cl. The number of aromatic hydroxyl groups is 1. The fourth-order valence-corrected chi connectivity index (χ4v) is 1.43. The lowest BCUT2D eigenvalue weighted by molar-refractivity contribution is 0.0996. The van der Waals surface area contributed by atoms with Gasteiger partial charge in [-0.2, -0.15) is 0 Å². The highest BCUT2D eigenvalue weighted by atomic mass is 35.5. The van der Waals surface area contributed by atoms with E-state index in [0.29, 0.717) is 0 Å². The zero-order valence-electron chi connectivity index (χ0n) is 8.61. The zero-order valence-corrected chi connectivity index (χ0v) is 9.36. The standard InChI is InChI=1S/C11H9ClN2O3/c12-6-4-8(9(15)5-7(6)13)14-11(16)10-2-1-3-17-10/h1-5,15H,13H2,(H,14,16). The van der Waals surface area contributed by atoms with Crippen LogP contribution in [0.5, 0.6) is 5.75 Å². The molecule has 17 heavy (non-hydrogen) atoms. The number of anilines is 2. The summed E-state index contributed by atoms with van der Waals surface area (Å²) in [6.45, 7) is 0. The molecule has 0 aliphatic heterocycles. The van der Waals surface area contributed by atoms with E-state index in [4.69, 9.17) is 21.8 Å². The van der Waals surface area contributed by atoms with Crippen LogP contribution in [0.3, 0.4) is 0 Å². The number of carbonyl (C=O) groups is 1. The van der Waals surface area contributed by atoms with Crippen molar-refractivity contribution in [3.05, 3.63) is 41.3 Å². The molecular formula is C11H9ClN2O3. The summed E-state index contributed by atoms with van der Waals surface area (Å²) in [6, 6.07) is 5.73. The van der Waals surface area contributed by atoms with Gasteiger partial charge in [0.1, 0.15) is 5.75 Å². The maximum atomic E-state index is 11.6. The fraction of sp³-hybridized carbons (Fsp3) is 0. The molecule has 4 N–H and O–H groups in total. The smallest absolute Gasteiger partial charge is 0.291 e. The van der Waals surface area contributed by atoms with E-state index >= 15 is 0 Å². The third-order valence-electron chi connectivity index (χ3n) is 2.11. The molecule has 1 amide bonds. The largest absolute Gasteiger partial charge is 0.506 e. The van der Waals surface area contributed by atoms with Crippen LogP contribution in [0.1, 0.15) is 10.6 Å². The number of benzene rings is 1. The van der Waals surface area contributed by atoms with Crippen LogP contribution in [0.2, 0.25) is 5.02 Å². The number of hydrogen-bond acceptors (Lipinski definition) is 4. The molecule has 1 heterocycles. The molecule has 1 aromatic heterocycles. The number of carbonyl (C=O) groups excluding carboxylic acids is 1. The number of nitrogen functional groups attached to an aromatic ring is 1. The molecule has 6 heteroatoms. The Hall–Kier alpha value is -2.14. The number of nitrogens with one attached hydrogen (secondary N) is 1. The van der Waals surface area contributed by atoms with E-state index in [1.165, 1.54) is 24.5 Å². The molecule has 0 spiro atoms. The van der Waals surface area contributed by atoms with Gasteiger partial charge in [0.15, 0.2) is 5.76 Å². The lowest BCUT2D eigenvalue weighted by atomic mass is 10.2. The Morgan fingerprint density at radius 1 is 1.47 bits per heavy atom. The Morgan fingerprint density at radius 3 is 2.88 bits per heavy atom. The van der Waals surface area contributed by atoms with Crippen LogP contribution in [-0.4, -0.2) is 11.0 Å². The number of phenolic OH excluding ortho intramolecular Hbond substituents is 1. The van der Waals surface area contributed by atoms with Crippen LogP contribution in [-0.2, 0) is 0 Å². The predicted octanol–water partition coefficient (Wildman–Crippen LogP) is 2.47. The molecule has 2 aromatic rings. The number of furan rings is 1. The summed E-state index contributed by atoms with van der Waals surface area (Å²) in [5.74, 6) is -0.504. The van der Waals surface area contributed by atoms with Gasteiger partial charge < -0.3 is 20.6 Å². The van der Waals surface area contributed by atoms with Gasteiger partial charge in [-0.05, 0) is 18.2 Å². The summed E-state index contributed by atoms with van der Waals surface area (Å²) in [5.41, 5.74) is 5.90. The Labute approximate surface area is 102 Å². The summed E-state index contributed by atoms with van der Waals surface area (Å²) in [5, 5.41) is 12.3. The van der Waals surface area contributed by atoms with Crippen LogP contribution in [0.4, 0.5) is 11.4 Å². The second kappa shape index (κ2) is 4.39. The monoisotopic (exact) mass is 252 g/mol. The van der Waals surface area contributed by atoms with E-state index in [1.807, 2.05) is 0 Å². The molecule has 0 aliphatic carbocycles. The van der Waals surface area contributed by atoms with Gasteiger partial charge in [-0.25, -0.2) is 0 Å². The maximum absolute atomic E-state index is 11.6. The van der Waals surface area contributed by atoms with Gasteiger partial charge in [0.05, 0.1) is 22.7 Å². The lowest BCUT2D eigenvalue weighted by Crippen LogP contribution is -2.11. The molecule has 5 nitrogen and oxygen atoms in total. The summed E-state index contributed by atoms with van der Waals surface area (Å²) in [6.07, 6.45) is 1.38. The number of nitrogens with two attached hydrogens (primary N) is 1. The highest BCUT2D eigenvalue weighted by molar-refractivity contribution is 6.33. The van der Waals surface area contributed by atoms with Gasteiger partial charge in [0, 0.05) is 6.07 Å². The van der Waals surface area contributed by atoms with Crippen molar-refractivity contribution in [3.63, 3.8) is 0 Å². The molecule has 0 unspecified atom stereocenters. The van der Waals surface area contributed by atoms with Gasteiger partial charge in [-0.3, -0.25) is 4.79 Å². The quantitative estimate of drug-likeness (QED) is 0.566. The van der Waals surface area contributed by atoms with Crippen LogP contribution < -0.4 is 11.1 Å². The van der Waals surface area contributed by atoms with Crippen molar-refractivity contribution in [1.29, 1.82) is 0 Å². The topological polar surface area (TPSA) is 88.5 Å². The minimum Gasteiger partial charge on any atom is -0.506 e. The Morgan fingerprint density at radius 2 is 2.24 bits per heavy atom. The highest BCUT2D eigenvalue weighted by Gasteiger charge is 2.12. The number of rotatable bonds is 2. The zero-order chi connectivity index (χ0) is 12.4. The first-order chi connectivity index (χ1) is 8.08. The molecule has 0 saturated heterocycles. The first-order valence-electron chi connectivity index (χ1n) is 4.71. The molecule has 2 rings (SSSR count). The first-order valence-corrected chi connectivity index (χ1v) is 5.08. The molecule has 0 atom stereocenters. The molecule has 0 aliphatic rings. The predicted molar refractivity (Wildman–Crippen MR) is 64.2 cm³/mol. The van der Waals surface area contributed by atoms with Crippen molar-refractivity contribution < 1.29 is 14.3 Å². The average molecular weight is 253 g/mol. The normalized spacial score (nSPS) is 10.2. The van der Waals surface area contributed by atoms with Crippen molar-refractivity contribution in [1.82, 2.24) is 0 Å². The number of hydrogen-bond donors (Lipinski definition) is 3. The minimum absolute atomic E-state index is 0.136. The van der Waals surface area contributed by atoms with Crippen molar-refractivity contribution in [3.8, 4) is 5.75 Å². The highest BCUT2D eigenvalue weighted by Crippen LogP contribution is 2.32. The van der Waals surface area contributed by atoms with Gasteiger partial charge >= 0.3 is 0 Å². The minimum atomic E-state index is -0.480. The van der Waals surface area contributed by atoms with E-state index in [0.717, 1.165) is 0 Å². The van der Waals surface area contributed by atoms with E-state index in [-0.39, 0.29) is 27.9 Å². The van der Waals surface area contributed by atoms with Gasteiger partial charge in [-0.1, -0.05) is 11.6 Å². The molecule has 88 valence electrons. The van der Waals surface area contributed by atoms with Crippen molar-refractivity contribution >= 4 is 28.9 Å². The molecule has 0 fully saturated rings.